The van der Waals surface area contributed by atoms with Crippen LogP contribution in [-0.2, 0) is 4.74 Å². The topological polar surface area (TPSA) is 21.3 Å². The van der Waals surface area contributed by atoms with E-state index in [1.54, 1.807) is 0 Å². The van der Waals surface area contributed by atoms with Crippen LogP contribution >= 0.6 is 0 Å². The van der Waals surface area contributed by atoms with Crippen molar-refractivity contribution >= 4 is 0 Å². The first-order valence-corrected chi connectivity index (χ1v) is 7.62. The largest absolute Gasteiger partial charge is 0.372 e. The van der Waals surface area contributed by atoms with Crippen molar-refractivity contribution < 1.29 is 4.74 Å². The molecule has 106 valence electrons. The van der Waals surface area contributed by atoms with Gasteiger partial charge in [-0.3, -0.25) is 0 Å². The number of ether oxygens (including phenoxy) is 1. The molecule has 1 N–H and O–H groups in total. The number of nitrogens with one attached hydrogen (secondary N) is 1. The zero-order valence-corrected chi connectivity index (χ0v) is 12.3. The number of aryl methyl sites for hydroxylation is 1. The second-order valence-electron chi connectivity index (χ2n) is 5.79. The van der Waals surface area contributed by atoms with E-state index in [1.807, 2.05) is 7.05 Å². The van der Waals surface area contributed by atoms with Gasteiger partial charge in [-0.25, -0.2) is 0 Å². The van der Waals surface area contributed by atoms with Crippen LogP contribution in [0, 0.1) is 12.8 Å². The van der Waals surface area contributed by atoms with Gasteiger partial charge in [0.15, 0.2) is 0 Å². The minimum Gasteiger partial charge on any atom is -0.372 e. The van der Waals surface area contributed by atoms with E-state index in [-0.39, 0.29) is 6.10 Å². The molecule has 2 heteroatoms. The van der Waals surface area contributed by atoms with Gasteiger partial charge < -0.3 is 10.1 Å². The van der Waals surface area contributed by atoms with E-state index in [9.17, 15) is 0 Å². The van der Waals surface area contributed by atoms with Crippen LogP contribution in [-0.4, -0.2) is 20.2 Å². The molecule has 2 rings (SSSR count). The Bertz CT molecular complexity index is 354. The predicted octanol–water partition coefficient (Wildman–Crippen LogP) is 3.85. The summed E-state index contributed by atoms with van der Waals surface area (Å²) in [7, 11) is 1.99. The molecule has 1 fully saturated rings. The van der Waals surface area contributed by atoms with Gasteiger partial charge in [0.1, 0.15) is 0 Å². The lowest BCUT2D eigenvalue weighted by atomic mass is 9.90. The summed E-state index contributed by atoms with van der Waals surface area (Å²) in [6.45, 7) is 3.93. The Balaban J connectivity index is 1.89. The first kappa shape index (κ1) is 14.5. The van der Waals surface area contributed by atoms with E-state index in [0.29, 0.717) is 0 Å². The second-order valence-corrected chi connectivity index (χ2v) is 5.79. The van der Waals surface area contributed by atoms with Gasteiger partial charge in [-0.15, -0.1) is 0 Å². The molecule has 1 aliphatic carbocycles. The Hall–Kier alpha value is -0.860. The Kier molecular flexibility index (Phi) is 5.87. The molecule has 0 spiro atoms. The molecule has 19 heavy (non-hydrogen) atoms. The Morgan fingerprint density at radius 2 is 1.84 bits per heavy atom. The summed E-state index contributed by atoms with van der Waals surface area (Å²) in [5.41, 5.74) is 2.59. The summed E-state index contributed by atoms with van der Waals surface area (Å²) in [6, 6.07) is 8.72. The monoisotopic (exact) mass is 261 g/mol. The van der Waals surface area contributed by atoms with Crippen molar-refractivity contribution in [2.75, 3.05) is 20.2 Å². The molecule has 1 atom stereocenters. The molecule has 0 radical (unpaired) electrons. The fourth-order valence-corrected chi connectivity index (χ4v) is 2.85. The fourth-order valence-electron chi connectivity index (χ4n) is 2.85. The first-order chi connectivity index (χ1) is 9.29. The fraction of sp³-hybridized carbons (Fsp3) is 0.647. The number of hydrogen-bond donors (Lipinski definition) is 1. The Morgan fingerprint density at radius 3 is 2.47 bits per heavy atom. The van der Waals surface area contributed by atoms with Crippen LogP contribution in [0.4, 0.5) is 0 Å². The van der Waals surface area contributed by atoms with E-state index in [4.69, 9.17) is 4.74 Å². The molecular formula is C17H27NO. The quantitative estimate of drug-likeness (QED) is 0.839. The highest BCUT2D eigenvalue weighted by atomic mass is 16.5. The molecule has 0 saturated heterocycles. The van der Waals surface area contributed by atoms with Gasteiger partial charge in [0.2, 0.25) is 0 Å². The van der Waals surface area contributed by atoms with Gasteiger partial charge in [0.05, 0.1) is 12.7 Å². The van der Waals surface area contributed by atoms with Crippen LogP contribution < -0.4 is 5.32 Å². The van der Waals surface area contributed by atoms with Crippen LogP contribution in [0.5, 0.6) is 0 Å². The van der Waals surface area contributed by atoms with E-state index in [1.165, 1.54) is 43.2 Å². The van der Waals surface area contributed by atoms with Crippen molar-refractivity contribution in [2.24, 2.45) is 5.92 Å². The molecule has 0 amide bonds. The van der Waals surface area contributed by atoms with Crippen molar-refractivity contribution in [3.63, 3.8) is 0 Å². The number of hydrogen-bond acceptors (Lipinski definition) is 2. The average molecular weight is 261 g/mol. The number of benzene rings is 1. The maximum atomic E-state index is 6.19. The summed E-state index contributed by atoms with van der Waals surface area (Å²) in [6.07, 6.45) is 7.06. The number of likely N-dealkylation sites (N-methyl/N-ethyl adjacent to an activating group) is 1. The van der Waals surface area contributed by atoms with Gasteiger partial charge in [0.25, 0.3) is 0 Å². The molecule has 1 aromatic carbocycles. The van der Waals surface area contributed by atoms with Crippen LogP contribution in [0.1, 0.15) is 49.3 Å². The highest BCUT2D eigenvalue weighted by Gasteiger charge is 2.17. The van der Waals surface area contributed by atoms with E-state index in [2.05, 4.69) is 36.5 Å². The standard InChI is InChI=1S/C17H27NO/c1-14-8-10-16(11-9-14)17(12-18-2)19-13-15-6-4-3-5-7-15/h8-11,15,17-18H,3-7,12-13H2,1-2H3. The van der Waals surface area contributed by atoms with Gasteiger partial charge >= 0.3 is 0 Å². The third-order valence-corrected chi connectivity index (χ3v) is 4.10. The third kappa shape index (κ3) is 4.63. The molecule has 1 unspecified atom stereocenters. The SMILES string of the molecule is CNCC(OCC1CCCCC1)c1ccc(C)cc1. The molecule has 1 aromatic rings. The molecule has 0 aromatic heterocycles. The lowest BCUT2D eigenvalue weighted by Gasteiger charge is -2.25. The average Bonchev–Trinajstić information content (AvgIpc) is 2.46. The summed E-state index contributed by atoms with van der Waals surface area (Å²) in [5.74, 6) is 0.776. The van der Waals surface area contributed by atoms with Crippen molar-refractivity contribution in [3.05, 3.63) is 35.4 Å². The zero-order valence-electron chi connectivity index (χ0n) is 12.3. The van der Waals surface area contributed by atoms with Crippen molar-refractivity contribution in [3.8, 4) is 0 Å². The third-order valence-electron chi connectivity index (χ3n) is 4.10. The van der Waals surface area contributed by atoms with E-state index in [0.717, 1.165) is 19.1 Å². The number of rotatable bonds is 6. The predicted molar refractivity (Wildman–Crippen MR) is 80.4 cm³/mol. The lowest BCUT2D eigenvalue weighted by Crippen LogP contribution is -2.23. The van der Waals surface area contributed by atoms with Gasteiger partial charge in [-0.2, -0.15) is 0 Å². The van der Waals surface area contributed by atoms with Crippen LogP contribution in [0.25, 0.3) is 0 Å². The lowest BCUT2D eigenvalue weighted by molar-refractivity contribution is 0.0209. The minimum absolute atomic E-state index is 0.188. The molecule has 2 nitrogen and oxygen atoms in total. The molecule has 1 aliphatic rings. The zero-order chi connectivity index (χ0) is 13.5. The van der Waals surface area contributed by atoms with Gasteiger partial charge in [0, 0.05) is 6.54 Å². The van der Waals surface area contributed by atoms with Gasteiger partial charge in [-0.05, 0) is 38.3 Å². The van der Waals surface area contributed by atoms with Crippen molar-refractivity contribution in [1.82, 2.24) is 5.32 Å². The molecular weight excluding hydrogens is 234 g/mol. The van der Waals surface area contributed by atoms with E-state index >= 15 is 0 Å². The second kappa shape index (κ2) is 7.66. The normalized spacial score (nSPS) is 18.4. The Labute approximate surface area is 117 Å². The van der Waals surface area contributed by atoms with E-state index < -0.39 is 0 Å². The Morgan fingerprint density at radius 1 is 1.16 bits per heavy atom. The highest BCUT2D eigenvalue weighted by molar-refractivity contribution is 5.23. The maximum Gasteiger partial charge on any atom is 0.0949 e. The van der Waals surface area contributed by atoms with Crippen molar-refractivity contribution in [2.45, 2.75) is 45.1 Å². The molecule has 0 aliphatic heterocycles. The van der Waals surface area contributed by atoms with Crippen LogP contribution in [0.2, 0.25) is 0 Å². The molecule has 1 saturated carbocycles. The van der Waals surface area contributed by atoms with Crippen LogP contribution in [0.15, 0.2) is 24.3 Å². The first-order valence-electron chi connectivity index (χ1n) is 7.62. The summed E-state index contributed by atoms with van der Waals surface area (Å²) in [5, 5.41) is 3.24. The highest BCUT2D eigenvalue weighted by Crippen LogP contribution is 2.26. The summed E-state index contributed by atoms with van der Waals surface area (Å²) >= 11 is 0. The van der Waals surface area contributed by atoms with Crippen LogP contribution in [0.3, 0.4) is 0 Å². The maximum absolute atomic E-state index is 6.19. The summed E-state index contributed by atoms with van der Waals surface area (Å²) < 4.78 is 6.19. The smallest absolute Gasteiger partial charge is 0.0949 e. The molecule has 0 heterocycles. The minimum atomic E-state index is 0.188. The summed E-state index contributed by atoms with van der Waals surface area (Å²) in [4.78, 5) is 0. The molecule has 0 bridgehead atoms. The van der Waals surface area contributed by atoms with Crippen molar-refractivity contribution in [1.29, 1.82) is 0 Å². The van der Waals surface area contributed by atoms with Gasteiger partial charge in [-0.1, -0.05) is 49.1 Å².